The van der Waals surface area contributed by atoms with Crippen LogP contribution in [-0.2, 0) is 18.8 Å². The SMILES string of the molecule is CCc1cc(OCC=C(Br)Br)cc(Br)c1OC.COc1c(Br)cc(OCC=C(Br)Br)cc1C(F)(F)F.COc1c(Br)cc(OCC=C(Cl)Cl)cc1C(F)(F)F.COc1c(C)cc(OCC=C(Br)Br)cc1Br.COc1c(C)cc(OCC=C(Cl)Cl)cc1Br. The fourth-order valence-electron chi connectivity index (χ4n) is 6.42. The highest BCUT2D eigenvalue weighted by Crippen LogP contribution is 2.45. The molecule has 0 aliphatic rings. The van der Waals surface area contributed by atoms with E-state index in [4.69, 9.17) is 93.8 Å². The molecule has 5 aromatic rings. The minimum atomic E-state index is -4.55. The average molecular weight is 2020 g/mol. The van der Waals surface area contributed by atoms with Gasteiger partial charge in [0.1, 0.15) is 111 Å². The zero-order chi connectivity index (χ0) is 66.4. The summed E-state index contributed by atoms with van der Waals surface area (Å²) in [5.41, 5.74) is 1.34. The minimum Gasteiger partial charge on any atom is -0.495 e. The van der Waals surface area contributed by atoms with Crippen LogP contribution in [-0.4, -0.2) is 68.6 Å². The van der Waals surface area contributed by atoms with Gasteiger partial charge in [0.15, 0.2) is 0 Å². The van der Waals surface area contributed by atoms with Crippen LogP contribution >= 0.6 is 222 Å². The van der Waals surface area contributed by atoms with Gasteiger partial charge in [0.05, 0.1) is 68.1 Å². The first kappa shape index (κ1) is 83.8. The second-order valence-electron chi connectivity index (χ2n) is 16.0. The third-order valence-corrected chi connectivity index (χ3v) is 15.5. The monoisotopic (exact) mass is 2010 g/mol. The predicted octanol–water partition coefficient (Wildman–Crippen LogP) is 24.9. The molecule has 87 heavy (non-hydrogen) atoms. The van der Waals surface area contributed by atoms with E-state index in [1.807, 2.05) is 62.4 Å². The Balaban J connectivity index is 0.000000545. The number of ether oxygens (including phenoxy) is 10. The Morgan fingerprint density at radius 3 is 0.851 bits per heavy atom. The van der Waals surface area contributed by atoms with E-state index in [1.165, 1.54) is 25.3 Å². The van der Waals surface area contributed by atoms with Gasteiger partial charge in [0.25, 0.3) is 0 Å². The molecule has 0 spiro atoms. The molecule has 5 aromatic carbocycles. The third kappa shape index (κ3) is 33.0. The van der Waals surface area contributed by atoms with Crippen molar-refractivity contribution < 1.29 is 73.7 Å². The van der Waals surface area contributed by atoms with Gasteiger partial charge in [-0.25, -0.2) is 0 Å². The van der Waals surface area contributed by atoms with E-state index in [0.29, 0.717) is 23.2 Å². The highest BCUT2D eigenvalue weighted by molar-refractivity contribution is 9.29. The lowest BCUT2D eigenvalue weighted by Crippen LogP contribution is -2.08. The molecular weight excluding hydrogens is 1970 g/mol. The number of hydrogen-bond donors (Lipinski definition) is 0. The largest absolute Gasteiger partial charge is 0.495 e. The van der Waals surface area contributed by atoms with E-state index in [2.05, 4.69) is 182 Å². The van der Waals surface area contributed by atoms with Crippen molar-refractivity contribution in [3.63, 3.8) is 0 Å². The smallest absolute Gasteiger partial charge is 0.420 e. The summed E-state index contributed by atoms with van der Waals surface area (Å²) >= 11 is 57.4. The molecular formula is C56H51Br11Cl4F6O10. The molecule has 0 saturated carbocycles. The predicted molar refractivity (Wildman–Crippen MR) is 377 cm³/mol. The number of halogens is 21. The summed E-state index contributed by atoms with van der Waals surface area (Å²) in [6.07, 6.45) is 0.122. The van der Waals surface area contributed by atoms with Crippen LogP contribution in [0.3, 0.4) is 0 Å². The van der Waals surface area contributed by atoms with Crippen molar-refractivity contribution in [2.45, 2.75) is 39.5 Å². The molecule has 0 radical (unpaired) electrons. The second kappa shape index (κ2) is 43.7. The summed E-state index contributed by atoms with van der Waals surface area (Å²) < 4.78 is 135. The van der Waals surface area contributed by atoms with Gasteiger partial charge >= 0.3 is 12.4 Å². The number of alkyl halides is 6. The number of methoxy groups -OCH3 is 5. The first-order chi connectivity index (χ1) is 40.7. The van der Waals surface area contributed by atoms with Crippen molar-refractivity contribution in [2.75, 3.05) is 68.6 Å². The molecule has 0 atom stereocenters. The van der Waals surface area contributed by atoms with E-state index in [-0.39, 0.29) is 54.1 Å². The molecule has 31 heteroatoms. The van der Waals surface area contributed by atoms with Gasteiger partial charge in [-0.1, -0.05) is 53.3 Å². The fourth-order valence-corrected chi connectivity index (χ4v) is 10.7. The molecule has 5 rings (SSSR count). The maximum atomic E-state index is 12.9. The molecule has 0 fully saturated rings. The molecule has 0 N–H and O–H groups in total. The van der Waals surface area contributed by atoms with Crippen LogP contribution in [0.2, 0.25) is 0 Å². The maximum absolute atomic E-state index is 12.9. The lowest BCUT2D eigenvalue weighted by molar-refractivity contribution is -0.139. The van der Waals surface area contributed by atoms with Crippen LogP contribution < -0.4 is 47.4 Å². The molecule has 0 aromatic heterocycles. The van der Waals surface area contributed by atoms with Gasteiger partial charge < -0.3 is 47.4 Å². The highest BCUT2D eigenvalue weighted by Gasteiger charge is 2.37. The zero-order valence-electron chi connectivity index (χ0n) is 46.4. The molecule has 0 aliphatic heterocycles. The van der Waals surface area contributed by atoms with Crippen molar-refractivity contribution in [1.29, 1.82) is 0 Å². The quantitative estimate of drug-likeness (QED) is 0.0662. The maximum Gasteiger partial charge on any atom is 0.420 e. The van der Waals surface area contributed by atoms with Crippen LogP contribution in [0.25, 0.3) is 0 Å². The summed E-state index contributed by atoms with van der Waals surface area (Å²) in [5.74, 6) is 4.43. The van der Waals surface area contributed by atoms with E-state index in [1.54, 1.807) is 33.5 Å². The summed E-state index contributed by atoms with van der Waals surface area (Å²) in [4.78, 5) is 0. The van der Waals surface area contributed by atoms with Crippen molar-refractivity contribution >= 4 is 222 Å². The lowest BCUT2D eigenvalue weighted by Gasteiger charge is -2.15. The minimum absolute atomic E-state index is 0.0193. The van der Waals surface area contributed by atoms with Crippen molar-refractivity contribution in [3.8, 4) is 57.5 Å². The Morgan fingerprint density at radius 1 is 0.379 bits per heavy atom. The Hall–Kier alpha value is -1.18. The Morgan fingerprint density at radius 2 is 0.621 bits per heavy atom. The third-order valence-electron chi connectivity index (χ3n) is 9.98. The lowest BCUT2D eigenvalue weighted by atomic mass is 10.1. The Bertz CT molecular complexity index is 2940. The summed E-state index contributed by atoms with van der Waals surface area (Å²) in [6, 6.07) is 16.0. The summed E-state index contributed by atoms with van der Waals surface area (Å²) in [7, 11) is 7.29. The Labute approximate surface area is 614 Å². The fraction of sp³-hybridized carbons (Fsp3) is 0.286. The first-order valence-corrected chi connectivity index (χ1v) is 34.0. The van der Waals surface area contributed by atoms with Crippen LogP contribution in [0.15, 0.2) is 133 Å². The molecule has 10 nitrogen and oxygen atoms in total. The standard InChI is InChI=1S/C12H13Br3O2.C11H8Br3F3O2.C11H11Br3O2.C11H8BrCl2F3O2.C11H11BrCl2O2/c1-3-8-6-9(17-5-4-11(14)15)7-10(13)12(8)16-2;1-18-10-7(11(15,16)17)4-6(5-8(10)12)19-3-2-9(13)14;1-7-5-8(16-4-3-10(13)14)6-9(12)11(7)15-2;1-18-10-7(11(15,16)17)4-6(5-8(10)12)19-3-2-9(13)14;1-7-5-8(16-4-3-10(13)14)6-9(12)11(7)15-2/h4,6-7H,3,5H2,1-2H3;2,4-5H,3H2,1H3;3,5-6H,4H2,1-2H3;2,4-5H,3H2,1H3;3,5-6H,4H2,1-2H3. The zero-order valence-corrected chi connectivity index (χ0v) is 66.9. The molecule has 0 bridgehead atoms. The average Bonchev–Trinajstić information content (AvgIpc) is 2.06. The number of hydrogen-bond acceptors (Lipinski definition) is 10. The Kier molecular flexibility index (Phi) is 42.1. The number of benzene rings is 5. The van der Waals surface area contributed by atoms with E-state index in [0.717, 1.165) is 97.1 Å². The number of aryl methyl sites for hydroxylation is 3. The van der Waals surface area contributed by atoms with Crippen LogP contribution in [0.4, 0.5) is 26.3 Å². The topological polar surface area (TPSA) is 92.3 Å². The second-order valence-corrected chi connectivity index (χ2v) is 30.6. The molecule has 0 aliphatic carbocycles. The molecule has 482 valence electrons. The van der Waals surface area contributed by atoms with Gasteiger partial charge in [0.2, 0.25) is 0 Å². The summed E-state index contributed by atoms with van der Waals surface area (Å²) in [5, 5.41) is 0. The van der Waals surface area contributed by atoms with Crippen molar-refractivity contribution in [2.24, 2.45) is 0 Å². The van der Waals surface area contributed by atoms with Gasteiger partial charge in [-0.3, -0.25) is 0 Å². The molecule has 0 heterocycles. The van der Waals surface area contributed by atoms with Crippen molar-refractivity contribution in [3.05, 3.63) is 160 Å². The van der Waals surface area contributed by atoms with Crippen LogP contribution in [0.1, 0.15) is 34.7 Å². The van der Waals surface area contributed by atoms with Crippen LogP contribution in [0, 0.1) is 13.8 Å². The molecule has 0 amide bonds. The van der Waals surface area contributed by atoms with Gasteiger partial charge in [-0.15, -0.1) is 0 Å². The van der Waals surface area contributed by atoms with E-state index < -0.39 is 23.5 Å². The number of rotatable bonds is 21. The first-order valence-electron chi connectivity index (χ1n) is 23.8. The van der Waals surface area contributed by atoms with Crippen LogP contribution in [0.5, 0.6) is 57.5 Å². The van der Waals surface area contributed by atoms with Gasteiger partial charge in [-0.05, 0) is 303 Å². The normalized spacial score (nSPS) is 10.4. The van der Waals surface area contributed by atoms with Gasteiger partial charge in [-0.2, -0.15) is 26.3 Å². The highest BCUT2D eigenvalue weighted by atomic mass is 79.9. The van der Waals surface area contributed by atoms with E-state index in [9.17, 15) is 26.3 Å². The molecule has 0 saturated heterocycles. The van der Waals surface area contributed by atoms with Gasteiger partial charge in [0, 0.05) is 0 Å². The molecule has 0 unspecified atom stereocenters. The summed E-state index contributed by atoms with van der Waals surface area (Å²) in [6.45, 7) is 7.44. The van der Waals surface area contributed by atoms with Crippen molar-refractivity contribution in [1.82, 2.24) is 0 Å². The van der Waals surface area contributed by atoms with E-state index >= 15 is 0 Å².